The summed E-state index contributed by atoms with van der Waals surface area (Å²) < 4.78 is 5.25. The van der Waals surface area contributed by atoms with Crippen molar-refractivity contribution in [2.24, 2.45) is 0 Å². The number of rotatable bonds is 8. The Balaban J connectivity index is 1.93. The van der Waals surface area contributed by atoms with Crippen LogP contribution in [-0.4, -0.2) is 32.7 Å². The summed E-state index contributed by atoms with van der Waals surface area (Å²) in [5.74, 6) is 0.499. The highest BCUT2D eigenvalue weighted by atomic mass is 35.5. The lowest BCUT2D eigenvalue weighted by molar-refractivity contribution is -0.114. The third-order valence-electron chi connectivity index (χ3n) is 3.88. The molecular weight excluding hydrogens is 338 g/mol. The molecule has 6 heteroatoms. The van der Waals surface area contributed by atoms with Gasteiger partial charge in [-0.1, -0.05) is 11.6 Å². The van der Waals surface area contributed by atoms with Gasteiger partial charge in [0.05, 0.1) is 19.3 Å². The Labute approximate surface area is 153 Å². The highest BCUT2D eigenvalue weighted by molar-refractivity contribution is 6.30. The summed E-state index contributed by atoms with van der Waals surface area (Å²) in [6.07, 6.45) is 0. The lowest BCUT2D eigenvalue weighted by Gasteiger charge is -2.21. The van der Waals surface area contributed by atoms with E-state index >= 15 is 0 Å². The van der Waals surface area contributed by atoms with Gasteiger partial charge in [0.1, 0.15) is 5.75 Å². The molecule has 25 heavy (non-hydrogen) atoms. The molecule has 134 valence electrons. The molecule has 5 nitrogen and oxygen atoms in total. The maximum absolute atomic E-state index is 12.1. The first kappa shape index (κ1) is 18.9. The van der Waals surface area contributed by atoms with Crippen molar-refractivity contribution < 1.29 is 9.53 Å². The first-order valence-electron chi connectivity index (χ1n) is 8.29. The van der Waals surface area contributed by atoms with E-state index in [1.54, 1.807) is 25.3 Å². The summed E-state index contributed by atoms with van der Waals surface area (Å²) in [7, 11) is 1.58. The minimum Gasteiger partial charge on any atom is -0.495 e. The third-order valence-corrected chi connectivity index (χ3v) is 4.12. The van der Waals surface area contributed by atoms with Crippen LogP contribution in [0.1, 0.15) is 13.8 Å². The maximum Gasteiger partial charge on any atom is 0.243 e. The Kier molecular flexibility index (Phi) is 6.95. The summed E-state index contributed by atoms with van der Waals surface area (Å²) >= 11 is 5.98. The van der Waals surface area contributed by atoms with Gasteiger partial charge in [-0.25, -0.2) is 0 Å². The second kappa shape index (κ2) is 9.18. The molecule has 0 aliphatic heterocycles. The molecule has 0 saturated heterocycles. The topological polar surface area (TPSA) is 53.6 Å². The smallest absolute Gasteiger partial charge is 0.243 e. The van der Waals surface area contributed by atoms with Crippen LogP contribution < -0.4 is 20.3 Å². The van der Waals surface area contributed by atoms with Crippen LogP contribution in [0, 0.1) is 0 Å². The molecule has 1 amide bonds. The van der Waals surface area contributed by atoms with E-state index in [9.17, 15) is 4.79 Å². The van der Waals surface area contributed by atoms with E-state index < -0.39 is 0 Å². The van der Waals surface area contributed by atoms with Crippen LogP contribution in [0.3, 0.4) is 0 Å². The average molecular weight is 362 g/mol. The molecule has 0 bridgehead atoms. The zero-order valence-electron chi connectivity index (χ0n) is 14.8. The molecule has 0 heterocycles. The van der Waals surface area contributed by atoms with Gasteiger partial charge in [-0.15, -0.1) is 0 Å². The van der Waals surface area contributed by atoms with Crippen molar-refractivity contribution in [1.82, 2.24) is 0 Å². The minimum atomic E-state index is -0.141. The number of benzene rings is 2. The lowest BCUT2D eigenvalue weighted by atomic mass is 10.2. The highest BCUT2D eigenvalue weighted by Gasteiger charge is 2.07. The van der Waals surface area contributed by atoms with E-state index in [0.717, 1.165) is 24.5 Å². The van der Waals surface area contributed by atoms with E-state index in [-0.39, 0.29) is 12.5 Å². The first-order chi connectivity index (χ1) is 12.1. The number of carbonyl (C=O) groups is 1. The number of hydrogen-bond donors (Lipinski definition) is 2. The highest BCUT2D eigenvalue weighted by Crippen LogP contribution is 2.27. The first-order valence-corrected chi connectivity index (χ1v) is 8.67. The maximum atomic E-state index is 12.1. The third kappa shape index (κ3) is 5.29. The normalized spacial score (nSPS) is 10.2. The van der Waals surface area contributed by atoms with Crippen molar-refractivity contribution in [1.29, 1.82) is 0 Å². The predicted molar refractivity (Wildman–Crippen MR) is 105 cm³/mol. The van der Waals surface area contributed by atoms with Crippen LogP contribution in [0.5, 0.6) is 5.75 Å². The molecule has 0 fully saturated rings. The molecule has 0 radical (unpaired) electrons. The minimum absolute atomic E-state index is 0.120. The molecule has 0 unspecified atom stereocenters. The Bertz CT molecular complexity index is 700. The van der Waals surface area contributed by atoms with Crippen LogP contribution in [0.2, 0.25) is 5.02 Å². The van der Waals surface area contributed by atoms with Crippen LogP contribution >= 0.6 is 11.6 Å². The quantitative estimate of drug-likeness (QED) is 0.738. The van der Waals surface area contributed by atoms with E-state index in [2.05, 4.69) is 29.4 Å². The van der Waals surface area contributed by atoms with Crippen molar-refractivity contribution in [3.8, 4) is 5.75 Å². The Morgan fingerprint density at radius 2 is 1.80 bits per heavy atom. The summed E-state index contributed by atoms with van der Waals surface area (Å²) in [5, 5.41) is 6.50. The van der Waals surface area contributed by atoms with Gasteiger partial charge in [-0.2, -0.15) is 0 Å². The fourth-order valence-corrected chi connectivity index (χ4v) is 2.72. The lowest BCUT2D eigenvalue weighted by Crippen LogP contribution is -2.23. The number of methoxy groups -OCH3 is 1. The number of nitrogens with zero attached hydrogens (tertiary/aromatic N) is 1. The van der Waals surface area contributed by atoms with Gasteiger partial charge in [-0.3, -0.25) is 4.79 Å². The second-order valence-corrected chi connectivity index (χ2v) is 5.90. The van der Waals surface area contributed by atoms with Gasteiger partial charge in [0.15, 0.2) is 0 Å². The average Bonchev–Trinajstić information content (AvgIpc) is 2.62. The van der Waals surface area contributed by atoms with Crippen LogP contribution in [0.15, 0.2) is 42.5 Å². The number of nitrogens with one attached hydrogen (secondary N) is 2. The van der Waals surface area contributed by atoms with Gasteiger partial charge in [0.2, 0.25) is 5.91 Å². The fraction of sp³-hybridized carbons (Fsp3) is 0.316. The van der Waals surface area contributed by atoms with Gasteiger partial charge in [-0.05, 0) is 56.3 Å². The SMILES string of the molecule is CCN(CC)c1ccc(NC(=O)CNc2cc(Cl)ccc2OC)cc1. The number of anilines is 3. The molecule has 0 aliphatic rings. The molecule has 0 aliphatic carbocycles. The molecule has 0 spiro atoms. The summed E-state index contributed by atoms with van der Waals surface area (Å²) in [6, 6.07) is 13.1. The van der Waals surface area contributed by atoms with Crippen LogP contribution in [0.4, 0.5) is 17.1 Å². The molecule has 2 aromatic carbocycles. The van der Waals surface area contributed by atoms with E-state index in [4.69, 9.17) is 16.3 Å². The largest absolute Gasteiger partial charge is 0.495 e. The van der Waals surface area contributed by atoms with Crippen molar-refractivity contribution in [3.63, 3.8) is 0 Å². The Morgan fingerprint density at radius 1 is 1.12 bits per heavy atom. The zero-order chi connectivity index (χ0) is 18.2. The van der Waals surface area contributed by atoms with Crippen LogP contribution in [0.25, 0.3) is 0 Å². The Morgan fingerprint density at radius 3 is 2.40 bits per heavy atom. The van der Waals surface area contributed by atoms with E-state index in [1.807, 2.05) is 24.3 Å². The number of ether oxygens (including phenoxy) is 1. The molecule has 2 N–H and O–H groups in total. The number of carbonyl (C=O) groups excluding carboxylic acids is 1. The summed E-state index contributed by atoms with van der Waals surface area (Å²) in [5.41, 5.74) is 2.59. The molecule has 0 saturated carbocycles. The van der Waals surface area contributed by atoms with Gasteiger partial charge >= 0.3 is 0 Å². The van der Waals surface area contributed by atoms with Crippen LogP contribution in [-0.2, 0) is 4.79 Å². The standard InChI is InChI=1S/C19H24ClN3O2/c1-4-23(5-2)16-9-7-15(8-10-16)22-19(24)13-21-17-12-14(20)6-11-18(17)25-3/h6-12,21H,4-5,13H2,1-3H3,(H,22,24). The van der Waals surface area contributed by atoms with Crippen molar-refractivity contribution in [2.75, 3.05) is 42.3 Å². The van der Waals surface area contributed by atoms with E-state index in [0.29, 0.717) is 16.5 Å². The molecule has 2 aromatic rings. The molecule has 2 rings (SSSR count). The van der Waals surface area contributed by atoms with Crippen molar-refractivity contribution >= 4 is 34.6 Å². The number of amides is 1. The van der Waals surface area contributed by atoms with Crippen molar-refractivity contribution in [3.05, 3.63) is 47.5 Å². The monoisotopic (exact) mass is 361 g/mol. The van der Waals surface area contributed by atoms with Gasteiger partial charge < -0.3 is 20.3 Å². The van der Waals surface area contributed by atoms with Gasteiger partial charge in [0.25, 0.3) is 0 Å². The number of hydrogen-bond acceptors (Lipinski definition) is 4. The second-order valence-electron chi connectivity index (χ2n) is 5.47. The number of halogens is 1. The summed E-state index contributed by atoms with van der Waals surface area (Å²) in [4.78, 5) is 14.4. The van der Waals surface area contributed by atoms with Gasteiger partial charge in [0, 0.05) is 29.5 Å². The summed E-state index contributed by atoms with van der Waals surface area (Å²) in [6.45, 7) is 6.26. The Hall–Kier alpha value is -2.40. The predicted octanol–water partition coefficient (Wildman–Crippen LogP) is 4.25. The zero-order valence-corrected chi connectivity index (χ0v) is 15.6. The van der Waals surface area contributed by atoms with E-state index in [1.165, 1.54) is 0 Å². The molecule has 0 atom stereocenters. The molecule has 0 aromatic heterocycles. The van der Waals surface area contributed by atoms with Crippen molar-refractivity contribution in [2.45, 2.75) is 13.8 Å². The molecular formula is C19H24ClN3O2. The fourth-order valence-electron chi connectivity index (χ4n) is 2.54.